The van der Waals surface area contributed by atoms with Crippen molar-refractivity contribution in [3.8, 4) is 0 Å². The Bertz CT molecular complexity index is 569. The first kappa shape index (κ1) is 13.6. The summed E-state index contributed by atoms with van der Waals surface area (Å²) >= 11 is 5.88. The van der Waals surface area contributed by atoms with Crippen molar-refractivity contribution in [2.75, 3.05) is 24.7 Å². The van der Waals surface area contributed by atoms with E-state index in [9.17, 15) is 5.11 Å². The van der Waals surface area contributed by atoms with Crippen LogP contribution in [0, 0.1) is 0 Å². The number of aliphatic hydroxyl groups excluding tert-OH is 1. The molecule has 0 aliphatic carbocycles. The minimum atomic E-state index is -0.831. The maximum Gasteiger partial charge on any atom is 0.129 e. The summed E-state index contributed by atoms with van der Waals surface area (Å²) in [4.78, 5) is 5.94. The molecule has 0 radical (unpaired) electrons. The molecule has 1 aromatic heterocycles. The zero-order valence-electron chi connectivity index (χ0n) is 10.8. The van der Waals surface area contributed by atoms with Crippen molar-refractivity contribution >= 4 is 23.1 Å². The Balaban J connectivity index is 2.33. The van der Waals surface area contributed by atoms with Crippen molar-refractivity contribution in [3.63, 3.8) is 0 Å². The fraction of sp³-hybridized carbons (Fsp3) is 0.214. The summed E-state index contributed by atoms with van der Waals surface area (Å²) in [6.45, 7) is 0. The average Bonchev–Trinajstić information content (AvgIpc) is 2.41. The molecular formula is C14H16ClN3O. The van der Waals surface area contributed by atoms with E-state index in [0.29, 0.717) is 10.6 Å². The monoisotopic (exact) mass is 277 g/mol. The minimum absolute atomic E-state index is 0.286. The third kappa shape index (κ3) is 2.97. The van der Waals surface area contributed by atoms with Gasteiger partial charge in [0.15, 0.2) is 0 Å². The van der Waals surface area contributed by atoms with Crippen LogP contribution in [0.2, 0.25) is 5.02 Å². The molecule has 0 bridgehead atoms. The highest BCUT2D eigenvalue weighted by Crippen LogP contribution is 2.28. The summed E-state index contributed by atoms with van der Waals surface area (Å²) in [5, 5.41) is 10.8. The van der Waals surface area contributed by atoms with E-state index in [1.54, 1.807) is 6.07 Å². The number of nitrogens with zero attached hydrogens (tertiary/aromatic N) is 2. The van der Waals surface area contributed by atoms with Crippen LogP contribution < -0.4 is 10.6 Å². The van der Waals surface area contributed by atoms with Crippen LogP contribution in [0.4, 0.5) is 11.5 Å². The van der Waals surface area contributed by atoms with Gasteiger partial charge in [-0.25, -0.2) is 4.98 Å². The molecule has 5 heteroatoms. The largest absolute Gasteiger partial charge is 0.384 e. The van der Waals surface area contributed by atoms with Gasteiger partial charge in [0.1, 0.15) is 11.9 Å². The number of benzene rings is 1. The van der Waals surface area contributed by atoms with Gasteiger partial charge in [-0.15, -0.1) is 0 Å². The molecule has 100 valence electrons. The van der Waals surface area contributed by atoms with E-state index in [-0.39, 0.29) is 5.82 Å². The second kappa shape index (κ2) is 5.47. The normalized spacial score (nSPS) is 12.2. The Kier molecular flexibility index (Phi) is 3.93. The number of anilines is 2. The second-order valence-corrected chi connectivity index (χ2v) is 4.95. The lowest BCUT2D eigenvalue weighted by Crippen LogP contribution is -2.09. The molecule has 3 N–H and O–H groups in total. The van der Waals surface area contributed by atoms with Crippen LogP contribution in [0.15, 0.2) is 36.5 Å². The molecule has 1 unspecified atom stereocenters. The average molecular weight is 278 g/mol. The number of nitrogens with two attached hydrogens (primary N) is 1. The summed E-state index contributed by atoms with van der Waals surface area (Å²) in [5.74, 6) is 0.286. The predicted octanol–water partition coefficient (Wildman–Crippen LogP) is 2.46. The maximum atomic E-state index is 10.3. The molecule has 2 rings (SSSR count). The molecule has 2 aromatic rings. The topological polar surface area (TPSA) is 62.4 Å². The number of nitrogen functional groups attached to an aromatic ring is 1. The number of halogens is 1. The first-order chi connectivity index (χ1) is 8.99. The van der Waals surface area contributed by atoms with Crippen LogP contribution in [-0.4, -0.2) is 24.2 Å². The fourth-order valence-corrected chi connectivity index (χ4v) is 1.99. The minimum Gasteiger partial charge on any atom is -0.384 e. The van der Waals surface area contributed by atoms with Crippen LogP contribution in [0.1, 0.15) is 17.2 Å². The van der Waals surface area contributed by atoms with Gasteiger partial charge in [-0.1, -0.05) is 23.7 Å². The Morgan fingerprint density at radius 1 is 1.26 bits per heavy atom. The Morgan fingerprint density at radius 2 is 1.89 bits per heavy atom. The summed E-state index contributed by atoms with van der Waals surface area (Å²) in [7, 11) is 3.93. The van der Waals surface area contributed by atoms with Gasteiger partial charge in [-0.05, 0) is 23.8 Å². The third-order valence-electron chi connectivity index (χ3n) is 2.94. The molecule has 0 fully saturated rings. The molecule has 1 heterocycles. The van der Waals surface area contributed by atoms with E-state index < -0.39 is 6.10 Å². The van der Waals surface area contributed by atoms with Crippen molar-refractivity contribution in [2.24, 2.45) is 0 Å². The lowest BCUT2D eigenvalue weighted by Gasteiger charge is -2.16. The number of hydrogen-bond donors (Lipinski definition) is 2. The van der Waals surface area contributed by atoms with E-state index >= 15 is 0 Å². The first-order valence-corrected chi connectivity index (χ1v) is 6.23. The van der Waals surface area contributed by atoms with E-state index in [1.165, 1.54) is 6.20 Å². The molecule has 4 nitrogen and oxygen atoms in total. The zero-order valence-corrected chi connectivity index (χ0v) is 11.6. The lowest BCUT2D eigenvalue weighted by molar-refractivity contribution is 0.221. The van der Waals surface area contributed by atoms with Crippen LogP contribution in [0.3, 0.4) is 0 Å². The standard InChI is InChI=1S/C14H16ClN3O/c1-18(2)11-5-3-9(4-6-11)13(19)12-7-10(15)8-17-14(12)16/h3-8,13,19H,1-2H3,(H2,16,17). The van der Waals surface area contributed by atoms with Crippen LogP contribution in [0.25, 0.3) is 0 Å². The Labute approximate surface area is 117 Å². The maximum absolute atomic E-state index is 10.3. The SMILES string of the molecule is CN(C)c1ccc(C(O)c2cc(Cl)cnc2N)cc1. The van der Waals surface area contributed by atoms with Gasteiger partial charge in [-0.3, -0.25) is 0 Å². The summed E-state index contributed by atoms with van der Waals surface area (Å²) < 4.78 is 0. The summed E-state index contributed by atoms with van der Waals surface area (Å²) in [6, 6.07) is 9.23. The highest BCUT2D eigenvalue weighted by Gasteiger charge is 2.15. The van der Waals surface area contributed by atoms with Crippen molar-refractivity contribution in [3.05, 3.63) is 52.7 Å². The van der Waals surface area contributed by atoms with Gasteiger partial charge in [0.25, 0.3) is 0 Å². The van der Waals surface area contributed by atoms with Gasteiger partial charge < -0.3 is 15.7 Å². The number of aliphatic hydroxyl groups is 1. The molecule has 0 saturated heterocycles. The lowest BCUT2D eigenvalue weighted by atomic mass is 10.0. The van der Waals surface area contributed by atoms with Gasteiger partial charge in [0.05, 0.1) is 5.02 Å². The Hall–Kier alpha value is -1.78. The number of hydrogen-bond acceptors (Lipinski definition) is 4. The quantitative estimate of drug-likeness (QED) is 0.905. The van der Waals surface area contributed by atoms with Crippen LogP contribution in [0.5, 0.6) is 0 Å². The van der Waals surface area contributed by atoms with E-state index in [4.69, 9.17) is 17.3 Å². The van der Waals surface area contributed by atoms with E-state index in [1.807, 2.05) is 43.3 Å². The number of rotatable bonds is 3. The highest BCUT2D eigenvalue weighted by molar-refractivity contribution is 6.30. The van der Waals surface area contributed by atoms with E-state index in [2.05, 4.69) is 4.98 Å². The number of aromatic nitrogens is 1. The first-order valence-electron chi connectivity index (χ1n) is 5.85. The van der Waals surface area contributed by atoms with Gasteiger partial charge in [-0.2, -0.15) is 0 Å². The molecule has 0 aliphatic heterocycles. The summed E-state index contributed by atoms with van der Waals surface area (Å²) in [6.07, 6.45) is 0.629. The van der Waals surface area contributed by atoms with Crippen molar-refractivity contribution in [1.29, 1.82) is 0 Å². The molecule has 0 saturated carbocycles. The van der Waals surface area contributed by atoms with Crippen LogP contribution >= 0.6 is 11.6 Å². The molecule has 1 atom stereocenters. The Morgan fingerprint density at radius 3 is 2.47 bits per heavy atom. The van der Waals surface area contributed by atoms with Crippen molar-refractivity contribution in [1.82, 2.24) is 4.98 Å². The molecule has 0 spiro atoms. The van der Waals surface area contributed by atoms with Gasteiger partial charge in [0.2, 0.25) is 0 Å². The van der Waals surface area contributed by atoms with E-state index in [0.717, 1.165) is 11.3 Å². The van der Waals surface area contributed by atoms with Gasteiger partial charge in [0, 0.05) is 31.5 Å². The molecule has 0 aliphatic rings. The predicted molar refractivity (Wildman–Crippen MR) is 78.5 cm³/mol. The van der Waals surface area contributed by atoms with Crippen molar-refractivity contribution in [2.45, 2.75) is 6.10 Å². The number of pyridine rings is 1. The zero-order chi connectivity index (χ0) is 14.0. The van der Waals surface area contributed by atoms with Gasteiger partial charge >= 0.3 is 0 Å². The van der Waals surface area contributed by atoms with Crippen LogP contribution in [-0.2, 0) is 0 Å². The second-order valence-electron chi connectivity index (χ2n) is 4.52. The molecular weight excluding hydrogens is 262 g/mol. The molecule has 1 aromatic carbocycles. The summed E-state index contributed by atoms with van der Waals surface area (Å²) in [5.41, 5.74) is 8.10. The highest BCUT2D eigenvalue weighted by atomic mass is 35.5. The molecule has 0 amide bonds. The molecule has 19 heavy (non-hydrogen) atoms. The third-order valence-corrected chi connectivity index (χ3v) is 3.14. The smallest absolute Gasteiger partial charge is 0.129 e. The fourth-order valence-electron chi connectivity index (χ4n) is 1.82. The van der Waals surface area contributed by atoms with Crippen molar-refractivity contribution < 1.29 is 5.11 Å².